The molecular formula is C23H25FN2O. The molecule has 0 amide bonds. The van der Waals surface area contributed by atoms with Gasteiger partial charge in [0.15, 0.2) is 0 Å². The monoisotopic (exact) mass is 364 g/mol. The molecule has 2 aromatic carbocycles. The molecule has 0 spiro atoms. The Hall–Kier alpha value is -2.30. The lowest BCUT2D eigenvalue weighted by molar-refractivity contribution is 0.0284. The van der Waals surface area contributed by atoms with Crippen LogP contribution in [-0.4, -0.2) is 34.7 Å². The van der Waals surface area contributed by atoms with Gasteiger partial charge in [-0.25, -0.2) is 4.39 Å². The number of halogens is 1. The third kappa shape index (κ3) is 3.87. The Morgan fingerprint density at radius 2 is 1.85 bits per heavy atom. The molecule has 1 aliphatic heterocycles. The molecular weight excluding hydrogens is 339 g/mol. The van der Waals surface area contributed by atoms with Gasteiger partial charge >= 0.3 is 0 Å². The van der Waals surface area contributed by atoms with Gasteiger partial charge in [0.2, 0.25) is 0 Å². The van der Waals surface area contributed by atoms with Crippen LogP contribution in [0.1, 0.15) is 24.0 Å². The molecule has 1 fully saturated rings. The second-order valence-electron chi connectivity index (χ2n) is 7.73. The van der Waals surface area contributed by atoms with Crippen LogP contribution in [0.25, 0.3) is 10.9 Å². The molecule has 4 rings (SSSR count). The molecule has 27 heavy (non-hydrogen) atoms. The number of likely N-dealkylation sites (tertiary alicyclic amines) is 1. The van der Waals surface area contributed by atoms with Gasteiger partial charge in [0, 0.05) is 30.1 Å². The first-order valence-electron chi connectivity index (χ1n) is 9.58. The van der Waals surface area contributed by atoms with Crippen LogP contribution in [0, 0.1) is 11.2 Å². The third-order valence-electron chi connectivity index (χ3n) is 5.73. The minimum atomic E-state index is -0.288. The largest absolute Gasteiger partial charge is 0.396 e. The quantitative estimate of drug-likeness (QED) is 0.737. The van der Waals surface area contributed by atoms with E-state index in [9.17, 15) is 9.50 Å². The highest BCUT2D eigenvalue weighted by Crippen LogP contribution is 2.35. The van der Waals surface area contributed by atoms with E-state index in [1.165, 1.54) is 17.0 Å². The minimum Gasteiger partial charge on any atom is -0.396 e. The average molecular weight is 364 g/mol. The molecule has 140 valence electrons. The molecule has 3 nitrogen and oxygen atoms in total. The number of benzene rings is 2. The Kier molecular flexibility index (Phi) is 5.19. The third-order valence-corrected chi connectivity index (χ3v) is 5.73. The van der Waals surface area contributed by atoms with Crippen LogP contribution in [-0.2, 0) is 13.0 Å². The van der Waals surface area contributed by atoms with E-state index in [1.807, 2.05) is 36.5 Å². The Morgan fingerprint density at radius 3 is 2.70 bits per heavy atom. The summed E-state index contributed by atoms with van der Waals surface area (Å²) in [4.78, 5) is 6.84. The van der Waals surface area contributed by atoms with E-state index in [1.54, 1.807) is 6.07 Å². The Labute approximate surface area is 159 Å². The van der Waals surface area contributed by atoms with Gasteiger partial charge in [0.05, 0.1) is 12.1 Å². The molecule has 1 saturated heterocycles. The number of aromatic nitrogens is 1. The van der Waals surface area contributed by atoms with E-state index in [2.05, 4.69) is 22.0 Å². The number of aliphatic hydroxyl groups excluding tert-OH is 1. The molecule has 0 saturated carbocycles. The van der Waals surface area contributed by atoms with Crippen molar-refractivity contribution < 1.29 is 9.50 Å². The normalized spacial score (nSPS) is 20.8. The molecule has 3 aromatic rings. The highest BCUT2D eigenvalue weighted by atomic mass is 19.1. The standard InChI is InChI=1S/C23H25FN2O/c24-21-8-3-1-6-18(21)14-23(17-27)11-5-13-26(16-23)15-19-10-12-25-22-9-4-2-7-20(19)22/h1-4,6-10,12,27H,5,11,13-17H2. The number of rotatable bonds is 5. The fourth-order valence-corrected chi connectivity index (χ4v) is 4.35. The van der Waals surface area contributed by atoms with Gasteiger partial charge in [-0.15, -0.1) is 0 Å². The lowest BCUT2D eigenvalue weighted by Crippen LogP contribution is -2.46. The number of piperidine rings is 1. The number of hydrogen-bond acceptors (Lipinski definition) is 3. The summed E-state index contributed by atoms with van der Waals surface area (Å²) >= 11 is 0. The second kappa shape index (κ2) is 7.75. The Bertz CT molecular complexity index is 924. The maximum Gasteiger partial charge on any atom is 0.126 e. The molecule has 0 aliphatic carbocycles. The van der Waals surface area contributed by atoms with Crippen molar-refractivity contribution in [2.45, 2.75) is 25.8 Å². The average Bonchev–Trinajstić information content (AvgIpc) is 2.70. The van der Waals surface area contributed by atoms with Gasteiger partial charge in [-0.1, -0.05) is 36.4 Å². The fourth-order valence-electron chi connectivity index (χ4n) is 4.35. The van der Waals surface area contributed by atoms with Gasteiger partial charge in [-0.3, -0.25) is 9.88 Å². The van der Waals surface area contributed by atoms with E-state index >= 15 is 0 Å². The van der Waals surface area contributed by atoms with E-state index in [-0.39, 0.29) is 17.8 Å². The lowest BCUT2D eigenvalue weighted by Gasteiger charge is -2.42. The van der Waals surface area contributed by atoms with Gasteiger partial charge in [-0.2, -0.15) is 0 Å². The van der Waals surface area contributed by atoms with Crippen LogP contribution in [0.4, 0.5) is 4.39 Å². The molecule has 0 bridgehead atoms. The first kappa shape index (κ1) is 18.1. The van der Waals surface area contributed by atoms with Crippen molar-refractivity contribution in [2.24, 2.45) is 5.41 Å². The molecule has 1 N–H and O–H groups in total. The number of fused-ring (bicyclic) bond motifs is 1. The van der Waals surface area contributed by atoms with Crippen molar-refractivity contribution in [1.29, 1.82) is 0 Å². The van der Waals surface area contributed by atoms with E-state index in [4.69, 9.17) is 0 Å². The number of para-hydroxylation sites is 1. The van der Waals surface area contributed by atoms with Gasteiger partial charge in [-0.05, 0) is 55.1 Å². The van der Waals surface area contributed by atoms with Gasteiger partial charge in [0.1, 0.15) is 5.82 Å². The topological polar surface area (TPSA) is 36.4 Å². The van der Waals surface area contributed by atoms with E-state index in [0.29, 0.717) is 12.0 Å². The van der Waals surface area contributed by atoms with E-state index in [0.717, 1.165) is 38.0 Å². The summed E-state index contributed by atoms with van der Waals surface area (Å²) in [6.07, 6.45) is 4.37. The maximum absolute atomic E-state index is 14.2. The summed E-state index contributed by atoms with van der Waals surface area (Å²) in [7, 11) is 0. The number of aliphatic hydroxyl groups is 1. The molecule has 0 radical (unpaired) electrons. The lowest BCUT2D eigenvalue weighted by atomic mass is 9.75. The minimum absolute atomic E-state index is 0.0783. The van der Waals surface area contributed by atoms with Gasteiger partial charge in [0.25, 0.3) is 0 Å². The summed E-state index contributed by atoms with van der Waals surface area (Å²) in [6.45, 7) is 2.67. The van der Waals surface area contributed by atoms with Crippen molar-refractivity contribution in [3.05, 3.63) is 77.7 Å². The number of pyridine rings is 1. The summed E-state index contributed by atoms with van der Waals surface area (Å²) < 4.78 is 14.2. The Balaban J connectivity index is 1.55. The van der Waals surface area contributed by atoms with Crippen LogP contribution >= 0.6 is 0 Å². The zero-order valence-corrected chi connectivity index (χ0v) is 15.4. The number of hydrogen-bond donors (Lipinski definition) is 1. The van der Waals surface area contributed by atoms with Crippen LogP contribution in [0.2, 0.25) is 0 Å². The predicted molar refractivity (Wildman–Crippen MR) is 106 cm³/mol. The zero-order chi connectivity index (χ0) is 18.7. The predicted octanol–water partition coefficient (Wildman–Crippen LogP) is 4.19. The molecule has 1 aromatic heterocycles. The number of nitrogens with zero attached hydrogens (tertiary/aromatic N) is 2. The van der Waals surface area contributed by atoms with Crippen LogP contribution < -0.4 is 0 Å². The van der Waals surface area contributed by atoms with Crippen LogP contribution in [0.3, 0.4) is 0 Å². The zero-order valence-electron chi connectivity index (χ0n) is 15.4. The SMILES string of the molecule is OCC1(Cc2ccccc2F)CCCN(Cc2ccnc3ccccc23)C1. The first-order chi connectivity index (χ1) is 13.2. The first-order valence-corrected chi connectivity index (χ1v) is 9.58. The summed E-state index contributed by atoms with van der Waals surface area (Å²) in [5.41, 5.74) is 2.67. The van der Waals surface area contributed by atoms with Crippen molar-refractivity contribution in [2.75, 3.05) is 19.7 Å². The van der Waals surface area contributed by atoms with Crippen LogP contribution in [0.5, 0.6) is 0 Å². The molecule has 1 unspecified atom stereocenters. The molecule has 2 heterocycles. The second-order valence-corrected chi connectivity index (χ2v) is 7.73. The molecule has 1 aliphatic rings. The van der Waals surface area contributed by atoms with Crippen molar-refractivity contribution >= 4 is 10.9 Å². The maximum atomic E-state index is 14.2. The highest BCUT2D eigenvalue weighted by molar-refractivity contribution is 5.81. The molecule has 1 atom stereocenters. The van der Waals surface area contributed by atoms with Crippen LogP contribution in [0.15, 0.2) is 60.8 Å². The highest BCUT2D eigenvalue weighted by Gasteiger charge is 2.35. The summed E-state index contributed by atoms with van der Waals surface area (Å²) in [5.74, 6) is -0.178. The summed E-state index contributed by atoms with van der Waals surface area (Å²) in [5, 5.41) is 11.4. The fraction of sp³-hybridized carbons (Fsp3) is 0.348. The smallest absolute Gasteiger partial charge is 0.126 e. The van der Waals surface area contributed by atoms with Crippen molar-refractivity contribution in [1.82, 2.24) is 9.88 Å². The van der Waals surface area contributed by atoms with E-state index < -0.39 is 0 Å². The Morgan fingerprint density at radius 1 is 1.04 bits per heavy atom. The van der Waals surface area contributed by atoms with Gasteiger partial charge < -0.3 is 5.11 Å². The summed E-state index contributed by atoms with van der Waals surface area (Å²) in [6, 6.07) is 17.2. The molecule has 4 heteroatoms. The van der Waals surface area contributed by atoms with Crippen molar-refractivity contribution in [3.8, 4) is 0 Å². The van der Waals surface area contributed by atoms with Crippen molar-refractivity contribution in [3.63, 3.8) is 0 Å².